The number of nitrogens with one attached hydrogen (secondary N) is 1. The SMILES string of the molecule is CCS(=O)(=O)NCCc1nnc(S(C)(=O)=O)o1. The van der Waals surface area contributed by atoms with Gasteiger partial charge in [-0.2, -0.15) is 0 Å². The molecule has 10 heteroatoms. The Morgan fingerprint density at radius 3 is 2.35 bits per heavy atom. The van der Waals surface area contributed by atoms with Gasteiger partial charge < -0.3 is 4.42 Å². The van der Waals surface area contributed by atoms with Crippen LogP contribution in [-0.2, 0) is 26.3 Å². The van der Waals surface area contributed by atoms with E-state index in [9.17, 15) is 16.8 Å². The monoisotopic (exact) mass is 283 g/mol. The van der Waals surface area contributed by atoms with Gasteiger partial charge in [-0.3, -0.25) is 0 Å². The Morgan fingerprint density at radius 2 is 1.88 bits per heavy atom. The molecule has 0 unspecified atom stereocenters. The van der Waals surface area contributed by atoms with E-state index in [0.717, 1.165) is 6.26 Å². The molecule has 0 fully saturated rings. The molecule has 0 aliphatic rings. The van der Waals surface area contributed by atoms with Crippen molar-refractivity contribution in [1.29, 1.82) is 0 Å². The van der Waals surface area contributed by atoms with Crippen molar-refractivity contribution < 1.29 is 21.3 Å². The quantitative estimate of drug-likeness (QED) is 0.707. The van der Waals surface area contributed by atoms with Crippen LogP contribution in [0, 0.1) is 0 Å². The fourth-order valence-electron chi connectivity index (χ4n) is 0.905. The third-order valence-corrected chi connectivity index (χ3v) is 4.01. The van der Waals surface area contributed by atoms with Crippen molar-refractivity contribution in [3.63, 3.8) is 0 Å². The largest absolute Gasteiger partial charge is 0.412 e. The number of aromatic nitrogens is 2. The first-order valence-corrected chi connectivity index (χ1v) is 8.29. The van der Waals surface area contributed by atoms with Gasteiger partial charge in [-0.05, 0) is 6.92 Å². The number of nitrogens with zero attached hydrogens (tertiary/aromatic N) is 2. The summed E-state index contributed by atoms with van der Waals surface area (Å²) in [6.45, 7) is 1.60. The highest BCUT2D eigenvalue weighted by Gasteiger charge is 2.16. The van der Waals surface area contributed by atoms with Gasteiger partial charge in [0, 0.05) is 19.2 Å². The number of hydrogen-bond acceptors (Lipinski definition) is 7. The van der Waals surface area contributed by atoms with Crippen molar-refractivity contribution in [3.8, 4) is 0 Å². The first-order chi connectivity index (χ1) is 7.74. The molecule has 0 aliphatic carbocycles. The molecule has 1 rings (SSSR count). The minimum Gasteiger partial charge on any atom is -0.412 e. The van der Waals surface area contributed by atoms with Crippen molar-refractivity contribution in [2.24, 2.45) is 0 Å². The normalized spacial score (nSPS) is 12.8. The summed E-state index contributed by atoms with van der Waals surface area (Å²) in [5.74, 6) is 0.0510. The highest BCUT2D eigenvalue weighted by atomic mass is 32.2. The molecule has 1 heterocycles. The maximum absolute atomic E-state index is 11.1. The maximum Gasteiger partial charge on any atom is 0.335 e. The average molecular weight is 283 g/mol. The number of sulfone groups is 1. The maximum atomic E-state index is 11.1. The van der Waals surface area contributed by atoms with E-state index >= 15 is 0 Å². The van der Waals surface area contributed by atoms with E-state index in [1.54, 1.807) is 0 Å². The minimum atomic E-state index is -3.52. The van der Waals surface area contributed by atoms with Crippen LogP contribution in [-0.4, -0.2) is 45.6 Å². The van der Waals surface area contributed by atoms with Crippen molar-refractivity contribution in [3.05, 3.63) is 5.89 Å². The van der Waals surface area contributed by atoms with Crippen LogP contribution in [0.25, 0.3) is 0 Å². The molecular weight excluding hydrogens is 270 g/mol. The Morgan fingerprint density at radius 1 is 1.24 bits per heavy atom. The molecule has 0 aliphatic heterocycles. The topological polar surface area (TPSA) is 119 Å². The Kier molecular flexibility index (Phi) is 4.22. The smallest absolute Gasteiger partial charge is 0.335 e. The molecule has 0 atom stereocenters. The highest BCUT2D eigenvalue weighted by Crippen LogP contribution is 2.06. The lowest BCUT2D eigenvalue weighted by molar-refractivity contribution is 0.397. The summed E-state index contributed by atoms with van der Waals surface area (Å²) in [4.78, 5) is 0. The second-order valence-corrected chi connectivity index (χ2v) is 7.27. The third kappa shape index (κ3) is 4.40. The molecule has 1 aromatic heterocycles. The number of rotatable bonds is 6. The third-order valence-electron chi connectivity index (χ3n) is 1.81. The van der Waals surface area contributed by atoms with E-state index in [0.29, 0.717) is 0 Å². The van der Waals surface area contributed by atoms with Gasteiger partial charge in [0.25, 0.3) is 0 Å². The van der Waals surface area contributed by atoms with Crippen molar-refractivity contribution >= 4 is 19.9 Å². The summed E-state index contributed by atoms with van der Waals surface area (Å²) in [7, 11) is -6.79. The molecule has 0 bridgehead atoms. The summed E-state index contributed by atoms with van der Waals surface area (Å²) in [5.41, 5.74) is 0. The fraction of sp³-hybridized carbons (Fsp3) is 0.714. The lowest BCUT2D eigenvalue weighted by Gasteiger charge is -2.00. The van der Waals surface area contributed by atoms with Crippen LogP contribution in [0.15, 0.2) is 9.64 Å². The van der Waals surface area contributed by atoms with Gasteiger partial charge in [-0.15, -0.1) is 5.10 Å². The summed E-state index contributed by atoms with van der Waals surface area (Å²) >= 11 is 0. The van der Waals surface area contributed by atoms with E-state index in [4.69, 9.17) is 4.42 Å². The zero-order valence-corrected chi connectivity index (χ0v) is 11.0. The first-order valence-electron chi connectivity index (χ1n) is 4.74. The van der Waals surface area contributed by atoms with Gasteiger partial charge in [-0.25, -0.2) is 21.6 Å². The molecule has 0 spiro atoms. The Hall–Kier alpha value is -1.00. The predicted molar refractivity (Wildman–Crippen MR) is 58.6 cm³/mol. The zero-order valence-electron chi connectivity index (χ0n) is 9.37. The van der Waals surface area contributed by atoms with E-state index in [1.165, 1.54) is 6.92 Å². The molecule has 0 radical (unpaired) electrons. The van der Waals surface area contributed by atoms with Gasteiger partial charge in [0.05, 0.1) is 5.75 Å². The fourth-order valence-corrected chi connectivity index (χ4v) is 1.96. The Balaban J connectivity index is 2.58. The van der Waals surface area contributed by atoms with Crippen LogP contribution < -0.4 is 4.72 Å². The molecule has 17 heavy (non-hydrogen) atoms. The standard InChI is InChI=1S/C7H13N3O5S2/c1-3-17(13,14)8-5-4-6-9-10-7(15-6)16(2,11)12/h8H,3-5H2,1-2H3. The van der Waals surface area contributed by atoms with Crippen LogP contribution >= 0.6 is 0 Å². The summed E-state index contributed by atoms with van der Waals surface area (Å²) in [5, 5.41) is 6.37. The van der Waals surface area contributed by atoms with E-state index in [-0.39, 0.29) is 24.6 Å². The van der Waals surface area contributed by atoms with Crippen LogP contribution in [0.5, 0.6) is 0 Å². The van der Waals surface area contributed by atoms with Crippen LogP contribution in [0.4, 0.5) is 0 Å². The summed E-state index contributed by atoms with van der Waals surface area (Å²) in [6.07, 6.45) is 1.09. The lowest BCUT2D eigenvalue weighted by Crippen LogP contribution is -2.27. The molecule has 98 valence electrons. The van der Waals surface area contributed by atoms with Gasteiger partial charge in [0.1, 0.15) is 0 Å². The van der Waals surface area contributed by atoms with Gasteiger partial charge in [0.2, 0.25) is 25.8 Å². The second-order valence-electron chi connectivity index (χ2n) is 3.28. The van der Waals surface area contributed by atoms with Crippen molar-refractivity contribution in [2.45, 2.75) is 18.6 Å². The molecule has 8 nitrogen and oxygen atoms in total. The number of hydrogen-bond donors (Lipinski definition) is 1. The molecule has 0 aromatic carbocycles. The highest BCUT2D eigenvalue weighted by molar-refractivity contribution is 7.90. The molecule has 1 N–H and O–H groups in total. The van der Waals surface area contributed by atoms with Gasteiger partial charge in [-0.1, -0.05) is 5.10 Å². The predicted octanol–water partition coefficient (Wildman–Crippen LogP) is -1.05. The van der Waals surface area contributed by atoms with Crippen LogP contribution in [0.3, 0.4) is 0 Å². The van der Waals surface area contributed by atoms with Crippen LogP contribution in [0.1, 0.15) is 12.8 Å². The van der Waals surface area contributed by atoms with Gasteiger partial charge >= 0.3 is 5.22 Å². The van der Waals surface area contributed by atoms with Crippen molar-refractivity contribution in [2.75, 3.05) is 18.6 Å². The molecule has 0 amide bonds. The summed E-state index contributed by atoms with van der Waals surface area (Å²) in [6, 6.07) is 0. The zero-order chi connectivity index (χ0) is 13.1. The number of sulfonamides is 1. The average Bonchev–Trinajstić information content (AvgIpc) is 2.66. The molecule has 0 saturated carbocycles. The van der Waals surface area contributed by atoms with E-state index in [2.05, 4.69) is 14.9 Å². The Labute approximate surface area is 99.4 Å². The van der Waals surface area contributed by atoms with Gasteiger partial charge in [0.15, 0.2) is 0 Å². The molecule has 0 saturated heterocycles. The summed E-state index contributed by atoms with van der Waals surface area (Å²) < 4.78 is 51.3. The van der Waals surface area contributed by atoms with E-state index in [1.807, 2.05) is 0 Å². The molecule has 1 aromatic rings. The van der Waals surface area contributed by atoms with E-state index < -0.39 is 25.1 Å². The first kappa shape index (κ1) is 14.1. The minimum absolute atomic E-state index is 0.0224. The van der Waals surface area contributed by atoms with Crippen molar-refractivity contribution in [1.82, 2.24) is 14.9 Å². The lowest BCUT2D eigenvalue weighted by atomic mass is 10.4. The van der Waals surface area contributed by atoms with Crippen LogP contribution in [0.2, 0.25) is 0 Å². The molecular formula is C7H13N3O5S2. The Bertz CT molecular complexity index is 574. The second kappa shape index (κ2) is 5.10.